The number of rotatable bonds is 5. The van der Waals surface area contributed by atoms with Crippen molar-refractivity contribution in [3.8, 4) is 0 Å². The van der Waals surface area contributed by atoms with Crippen LogP contribution in [0.1, 0.15) is 44.0 Å². The molecule has 1 saturated heterocycles. The van der Waals surface area contributed by atoms with Crippen LogP contribution in [0.25, 0.3) is 0 Å². The maximum atomic E-state index is 13.2. The summed E-state index contributed by atoms with van der Waals surface area (Å²) in [4.78, 5) is 20.4. The molecule has 1 fully saturated rings. The third kappa shape index (κ3) is 4.95. The Balaban J connectivity index is 1.76. The van der Waals surface area contributed by atoms with Gasteiger partial charge in [-0.3, -0.25) is 14.7 Å². The van der Waals surface area contributed by atoms with Gasteiger partial charge in [-0.15, -0.1) is 0 Å². The van der Waals surface area contributed by atoms with E-state index in [9.17, 15) is 18.0 Å². The van der Waals surface area contributed by atoms with Crippen LogP contribution in [0, 0.1) is 0 Å². The standard InChI is InChI=1S/C20H26F3N5O/c1-14(2)26(3)16-10-19(29)28(25-11-16)15-6-5-9-27(12-15)13-18-17(20(21,22)23)7-4-8-24-18/h4,7-8,10-11,14-15H,5-6,9,12-13H2,1-3H3/t15-/m0/s1. The minimum absolute atomic E-state index is 0.00913. The Morgan fingerprint density at radius 1 is 1.34 bits per heavy atom. The Bertz CT molecular complexity index is 896. The van der Waals surface area contributed by atoms with Gasteiger partial charge in [0.2, 0.25) is 0 Å². The van der Waals surface area contributed by atoms with Crippen molar-refractivity contribution in [2.75, 3.05) is 25.0 Å². The molecule has 0 unspecified atom stereocenters. The minimum atomic E-state index is -4.43. The van der Waals surface area contributed by atoms with Crippen molar-refractivity contribution in [3.05, 3.63) is 52.2 Å². The summed E-state index contributed by atoms with van der Waals surface area (Å²) in [5.74, 6) is 0. The first kappa shape index (κ1) is 21.3. The molecule has 0 aromatic carbocycles. The first-order valence-electron chi connectivity index (χ1n) is 9.72. The quantitative estimate of drug-likeness (QED) is 0.758. The number of hydrogen-bond donors (Lipinski definition) is 0. The van der Waals surface area contributed by atoms with Gasteiger partial charge in [-0.25, -0.2) is 4.68 Å². The molecule has 3 rings (SSSR count). The summed E-state index contributed by atoms with van der Waals surface area (Å²) in [5.41, 5.74) is -0.152. The number of nitrogens with zero attached hydrogens (tertiary/aromatic N) is 5. The topological polar surface area (TPSA) is 54.3 Å². The molecule has 158 valence electrons. The third-order valence-corrected chi connectivity index (χ3v) is 5.39. The van der Waals surface area contributed by atoms with Gasteiger partial charge >= 0.3 is 6.18 Å². The maximum absolute atomic E-state index is 13.2. The fraction of sp³-hybridized carbons (Fsp3) is 0.550. The van der Waals surface area contributed by atoms with E-state index in [1.54, 1.807) is 12.3 Å². The van der Waals surface area contributed by atoms with Crippen molar-refractivity contribution in [1.29, 1.82) is 0 Å². The van der Waals surface area contributed by atoms with E-state index in [0.717, 1.165) is 24.6 Å². The van der Waals surface area contributed by atoms with Crippen LogP contribution in [0.5, 0.6) is 0 Å². The number of anilines is 1. The van der Waals surface area contributed by atoms with Crippen molar-refractivity contribution in [1.82, 2.24) is 19.7 Å². The molecule has 6 nitrogen and oxygen atoms in total. The lowest BCUT2D eigenvalue weighted by Crippen LogP contribution is -2.41. The summed E-state index contributed by atoms with van der Waals surface area (Å²) < 4.78 is 41.2. The average Bonchev–Trinajstić information content (AvgIpc) is 2.67. The molecule has 0 aliphatic carbocycles. The van der Waals surface area contributed by atoms with E-state index in [-0.39, 0.29) is 29.9 Å². The highest BCUT2D eigenvalue weighted by atomic mass is 19.4. The van der Waals surface area contributed by atoms with Crippen molar-refractivity contribution < 1.29 is 13.2 Å². The smallest absolute Gasteiger partial charge is 0.371 e. The van der Waals surface area contributed by atoms with Gasteiger partial charge in [0.15, 0.2) is 0 Å². The van der Waals surface area contributed by atoms with Crippen LogP contribution in [-0.2, 0) is 12.7 Å². The minimum Gasteiger partial charge on any atom is -0.371 e. The Hall–Kier alpha value is -2.42. The molecule has 2 aromatic rings. The first-order valence-corrected chi connectivity index (χ1v) is 9.72. The maximum Gasteiger partial charge on any atom is 0.418 e. The molecule has 1 atom stereocenters. The van der Waals surface area contributed by atoms with Crippen molar-refractivity contribution in [3.63, 3.8) is 0 Å². The van der Waals surface area contributed by atoms with E-state index in [1.165, 1.54) is 16.9 Å². The zero-order valence-corrected chi connectivity index (χ0v) is 16.9. The number of pyridine rings is 1. The largest absolute Gasteiger partial charge is 0.418 e. The van der Waals surface area contributed by atoms with Gasteiger partial charge in [-0.1, -0.05) is 0 Å². The van der Waals surface area contributed by atoms with E-state index < -0.39 is 11.7 Å². The predicted octanol–water partition coefficient (Wildman–Crippen LogP) is 3.34. The molecular weight excluding hydrogens is 383 g/mol. The molecule has 0 amide bonds. The highest BCUT2D eigenvalue weighted by Gasteiger charge is 2.34. The fourth-order valence-corrected chi connectivity index (χ4v) is 3.58. The Morgan fingerprint density at radius 2 is 2.10 bits per heavy atom. The molecule has 0 bridgehead atoms. The molecule has 0 spiro atoms. The van der Waals surface area contributed by atoms with Crippen LogP contribution in [-0.4, -0.2) is 45.8 Å². The van der Waals surface area contributed by atoms with E-state index in [0.29, 0.717) is 13.1 Å². The van der Waals surface area contributed by atoms with E-state index in [2.05, 4.69) is 10.1 Å². The highest BCUT2D eigenvalue weighted by Crippen LogP contribution is 2.32. The molecule has 1 aliphatic rings. The molecule has 29 heavy (non-hydrogen) atoms. The van der Waals surface area contributed by atoms with Crippen molar-refractivity contribution in [2.45, 2.75) is 51.5 Å². The van der Waals surface area contributed by atoms with Gasteiger partial charge < -0.3 is 4.90 Å². The van der Waals surface area contributed by atoms with Crippen molar-refractivity contribution in [2.24, 2.45) is 0 Å². The number of hydrogen-bond acceptors (Lipinski definition) is 5. The second-order valence-corrected chi connectivity index (χ2v) is 7.73. The van der Waals surface area contributed by atoms with Crippen LogP contribution in [0.3, 0.4) is 0 Å². The monoisotopic (exact) mass is 409 g/mol. The molecular formula is C20H26F3N5O. The van der Waals surface area contributed by atoms with E-state index in [1.807, 2.05) is 30.7 Å². The Labute approximate surface area is 168 Å². The molecule has 3 heterocycles. The lowest BCUT2D eigenvalue weighted by Gasteiger charge is -2.33. The fourth-order valence-electron chi connectivity index (χ4n) is 3.58. The lowest BCUT2D eigenvalue weighted by atomic mass is 10.0. The summed E-state index contributed by atoms with van der Waals surface area (Å²) in [7, 11) is 1.90. The zero-order chi connectivity index (χ0) is 21.2. The van der Waals surface area contributed by atoms with Gasteiger partial charge in [0.05, 0.1) is 29.2 Å². The summed E-state index contributed by atoms with van der Waals surface area (Å²) in [5, 5.41) is 4.34. The number of likely N-dealkylation sites (tertiary alicyclic amines) is 1. The van der Waals surface area contributed by atoms with Crippen LogP contribution >= 0.6 is 0 Å². The molecule has 0 radical (unpaired) electrons. The Kier molecular flexibility index (Phi) is 6.26. The van der Waals surface area contributed by atoms with Crippen LogP contribution in [0.2, 0.25) is 0 Å². The van der Waals surface area contributed by atoms with Gasteiger partial charge in [0.25, 0.3) is 5.56 Å². The SMILES string of the molecule is CC(C)N(C)c1cnn([C@H]2CCCN(Cc3ncccc3C(F)(F)F)C2)c(=O)c1. The molecule has 0 saturated carbocycles. The lowest BCUT2D eigenvalue weighted by molar-refractivity contribution is -0.138. The second-order valence-electron chi connectivity index (χ2n) is 7.73. The third-order valence-electron chi connectivity index (χ3n) is 5.39. The predicted molar refractivity (Wildman–Crippen MR) is 105 cm³/mol. The zero-order valence-electron chi connectivity index (χ0n) is 16.9. The molecule has 2 aromatic heterocycles. The van der Waals surface area contributed by atoms with E-state index in [4.69, 9.17) is 0 Å². The summed E-state index contributed by atoms with van der Waals surface area (Å²) in [6, 6.07) is 3.97. The van der Waals surface area contributed by atoms with E-state index >= 15 is 0 Å². The van der Waals surface area contributed by atoms with Crippen molar-refractivity contribution >= 4 is 5.69 Å². The average molecular weight is 409 g/mol. The van der Waals surface area contributed by atoms with Gasteiger partial charge in [-0.05, 0) is 45.4 Å². The second kappa shape index (κ2) is 8.52. The normalized spacial score (nSPS) is 18.2. The number of alkyl halides is 3. The summed E-state index contributed by atoms with van der Waals surface area (Å²) in [6.07, 6.45) is 0.149. The number of halogens is 3. The van der Waals surface area contributed by atoms with Crippen LogP contribution in [0.4, 0.5) is 18.9 Å². The molecule has 0 N–H and O–H groups in total. The summed E-state index contributed by atoms with van der Waals surface area (Å²) >= 11 is 0. The van der Waals surface area contributed by atoms with Gasteiger partial charge in [-0.2, -0.15) is 18.3 Å². The van der Waals surface area contributed by atoms with Crippen LogP contribution < -0.4 is 10.5 Å². The Morgan fingerprint density at radius 3 is 2.76 bits per heavy atom. The van der Waals surface area contributed by atoms with Gasteiger partial charge in [0.1, 0.15) is 0 Å². The number of piperidine rings is 1. The van der Waals surface area contributed by atoms with Crippen LogP contribution in [0.15, 0.2) is 35.4 Å². The molecule has 9 heteroatoms. The van der Waals surface area contributed by atoms with Gasteiger partial charge in [0, 0.05) is 38.4 Å². The highest BCUT2D eigenvalue weighted by molar-refractivity contribution is 5.42. The first-order chi connectivity index (χ1) is 13.7. The molecule has 1 aliphatic heterocycles. The summed E-state index contributed by atoms with van der Waals surface area (Å²) in [6.45, 7) is 5.26. The number of aromatic nitrogens is 3.